The van der Waals surface area contributed by atoms with E-state index in [1.54, 1.807) is 6.20 Å². The van der Waals surface area contributed by atoms with Crippen LogP contribution in [0.2, 0.25) is 0 Å². The van der Waals surface area contributed by atoms with E-state index in [1.807, 2.05) is 12.1 Å². The van der Waals surface area contributed by atoms with Crippen molar-refractivity contribution in [2.75, 3.05) is 31.2 Å². The van der Waals surface area contributed by atoms with Crippen LogP contribution in [-0.2, 0) is 11.3 Å². The van der Waals surface area contributed by atoms with Gasteiger partial charge < -0.3 is 15.0 Å². The van der Waals surface area contributed by atoms with Crippen LogP contribution in [-0.4, -0.2) is 45.9 Å². The highest BCUT2D eigenvalue weighted by atomic mass is 32.1. The molecule has 1 N–H and O–H groups in total. The van der Waals surface area contributed by atoms with E-state index in [9.17, 15) is 4.79 Å². The second-order valence-electron chi connectivity index (χ2n) is 4.56. The number of pyridine rings is 1. The first-order chi connectivity index (χ1) is 10.3. The molecule has 0 saturated carbocycles. The number of carbonyl (C=O) groups excluding carboxylic acids is 1. The summed E-state index contributed by atoms with van der Waals surface area (Å²) in [5, 5.41) is 2.85. The van der Waals surface area contributed by atoms with Gasteiger partial charge in [-0.05, 0) is 6.07 Å². The Bertz CT molecular complexity index is 598. The Morgan fingerprint density at radius 2 is 2.29 bits per heavy atom. The Labute approximate surface area is 126 Å². The zero-order chi connectivity index (χ0) is 14.5. The molecule has 1 aliphatic rings. The lowest BCUT2D eigenvalue weighted by molar-refractivity contribution is 0.0946. The lowest BCUT2D eigenvalue weighted by Gasteiger charge is -2.29. The summed E-state index contributed by atoms with van der Waals surface area (Å²) in [4.78, 5) is 18.5. The van der Waals surface area contributed by atoms with Gasteiger partial charge in [0.05, 0.1) is 31.1 Å². The fraction of sp³-hybridized carbons (Fsp3) is 0.385. The number of rotatable bonds is 4. The molecule has 3 rings (SSSR count). The molecule has 0 aliphatic carbocycles. The number of anilines is 1. The van der Waals surface area contributed by atoms with Crippen molar-refractivity contribution in [3.63, 3.8) is 0 Å². The molecule has 2 aromatic heterocycles. The van der Waals surface area contributed by atoms with E-state index in [4.69, 9.17) is 4.74 Å². The highest BCUT2D eigenvalue weighted by Gasteiger charge is 2.16. The summed E-state index contributed by atoms with van der Waals surface area (Å²) < 4.78 is 13.1. The van der Waals surface area contributed by atoms with Gasteiger partial charge in [-0.3, -0.25) is 4.79 Å². The third kappa shape index (κ3) is 3.34. The maximum atomic E-state index is 11.9. The van der Waals surface area contributed by atoms with Gasteiger partial charge in [0.15, 0.2) is 5.69 Å². The Balaban J connectivity index is 1.69. The van der Waals surface area contributed by atoms with Crippen LogP contribution in [0.1, 0.15) is 16.1 Å². The maximum absolute atomic E-state index is 11.9. The summed E-state index contributed by atoms with van der Waals surface area (Å²) in [6.07, 6.45) is 3.23. The van der Waals surface area contributed by atoms with Crippen LogP contribution in [0.5, 0.6) is 0 Å². The number of morpholine rings is 1. The molecule has 0 bridgehead atoms. The van der Waals surface area contributed by atoms with Crippen LogP contribution in [0.3, 0.4) is 0 Å². The van der Waals surface area contributed by atoms with Crippen LogP contribution in [0, 0.1) is 0 Å². The summed E-state index contributed by atoms with van der Waals surface area (Å²) in [7, 11) is 0. The highest BCUT2D eigenvalue weighted by molar-refractivity contribution is 6.99. The van der Waals surface area contributed by atoms with Crippen LogP contribution in [0.25, 0.3) is 0 Å². The van der Waals surface area contributed by atoms with E-state index in [0.717, 1.165) is 36.2 Å². The Morgan fingerprint density at radius 1 is 1.43 bits per heavy atom. The number of nitrogens with one attached hydrogen (secondary N) is 1. The normalized spacial score (nSPS) is 15.0. The first-order valence-electron chi connectivity index (χ1n) is 6.67. The fourth-order valence-electron chi connectivity index (χ4n) is 2.16. The third-order valence-electron chi connectivity index (χ3n) is 3.21. The molecule has 0 aromatic carbocycles. The van der Waals surface area contributed by atoms with E-state index < -0.39 is 0 Å². The number of hydrogen-bond acceptors (Lipinski definition) is 7. The number of amides is 1. The van der Waals surface area contributed by atoms with Gasteiger partial charge in [-0.1, -0.05) is 6.07 Å². The van der Waals surface area contributed by atoms with E-state index in [0.29, 0.717) is 25.5 Å². The van der Waals surface area contributed by atoms with Crippen LogP contribution in [0.4, 0.5) is 5.82 Å². The van der Waals surface area contributed by atoms with Crippen molar-refractivity contribution in [1.29, 1.82) is 0 Å². The third-order valence-corrected chi connectivity index (χ3v) is 3.69. The van der Waals surface area contributed by atoms with Crippen molar-refractivity contribution in [3.8, 4) is 0 Å². The quantitative estimate of drug-likeness (QED) is 0.895. The predicted octanol–water partition coefficient (Wildman–Crippen LogP) is 0.700. The number of ether oxygens (including phenoxy) is 1. The zero-order valence-electron chi connectivity index (χ0n) is 11.4. The Hall–Kier alpha value is -2.06. The molecule has 3 heterocycles. The van der Waals surface area contributed by atoms with Crippen molar-refractivity contribution in [1.82, 2.24) is 19.0 Å². The smallest absolute Gasteiger partial charge is 0.272 e. The molecule has 1 fully saturated rings. The summed E-state index contributed by atoms with van der Waals surface area (Å²) in [6, 6.07) is 3.84. The standard InChI is InChI=1S/C13H15N5O2S/c19-13(11-9-16-21-17-11)15-8-10-2-1-3-14-12(10)18-4-6-20-7-5-18/h1-3,9H,4-8H2,(H,15,19). The first kappa shape index (κ1) is 13.9. The summed E-state index contributed by atoms with van der Waals surface area (Å²) >= 11 is 1.02. The monoisotopic (exact) mass is 305 g/mol. The lowest BCUT2D eigenvalue weighted by atomic mass is 10.2. The van der Waals surface area contributed by atoms with Crippen molar-refractivity contribution in [3.05, 3.63) is 35.8 Å². The van der Waals surface area contributed by atoms with E-state index in [2.05, 4.69) is 23.9 Å². The first-order valence-corrected chi connectivity index (χ1v) is 7.40. The number of carbonyl (C=O) groups is 1. The molecule has 1 amide bonds. The average molecular weight is 305 g/mol. The minimum absolute atomic E-state index is 0.222. The molecule has 7 nitrogen and oxygen atoms in total. The van der Waals surface area contributed by atoms with E-state index in [-0.39, 0.29) is 5.91 Å². The van der Waals surface area contributed by atoms with Gasteiger partial charge in [-0.15, -0.1) is 0 Å². The molecular weight excluding hydrogens is 290 g/mol. The van der Waals surface area contributed by atoms with E-state index in [1.165, 1.54) is 6.20 Å². The molecule has 8 heteroatoms. The molecule has 1 saturated heterocycles. The second-order valence-corrected chi connectivity index (χ2v) is 5.12. The molecule has 2 aromatic rings. The molecule has 0 radical (unpaired) electrons. The van der Waals surface area contributed by atoms with Gasteiger partial charge in [-0.2, -0.15) is 8.75 Å². The van der Waals surface area contributed by atoms with Gasteiger partial charge in [0.1, 0.15) is 5.82 Å². The summed E-state index contributed by atoms with van der Waals surface area (Å²) in [5.74, 6) is 0.679. The minimum atomic E-state index is -0.222. The molecular formula is C13H15N5O2S. The SMILES string of the molecule is O=C(NCc1cccnc1N1CCOCC1)c1cnsn1. The Morgan fingerprint density at radius 3 is 3.05 bits per heavy atom. The van der Waals surface area contributed by atoms with Gasteiger partial charge >= 0.3 is 0 Å². The number of aromatic nitrogens is 3. The number of nitrogens with zero attached hydrogens (tertiary/aromatic N) is 4. The van der Waals surface area contributed by atoms with Crippen molar-refractivity contribution >= 4 is 23.5 Å². The molecule has 110 valence electrons. The topological polar surface area (TPSA) is 80.2 Å². The van der Waals surface area contributed by atoms with E-state index >= 15 is 0 Å². The largest absolute Gasteiger partial charge is 0.378 e. The Kier molecular flexibility index (Phi) is 4.37. The van der Waals surface area contributed by atoms with Gasteiger partial charge in [0, 0.05) is 31.4 Å². The molecule has 0 spiro atoms. The van der Waals surface area contributed by atoms with Gasteiger partial charge in [0.2, 0.25) is 0 Å². The van der Waals surface area contributed by atoms with Crippen LogP contribution < -0.4 is 10.2 Å². The molecule has 1 aliphatic heterocycles. The van der Waals surface area contributed by atoms with Gasteiger partial charge in [0.25, 0.3) is 5.91 Å². The van der Waals surface area contributed by atoms with Crippen LogP contribution >= 0.6 is 11.7 Å². The van der Waals surface area contributed by atoms with Crippen molar-refractivity contribution in [2.24, 2.45) is 0 Å². The molecule has 21 heavy (non-hydrogen) atoms. The summed E-state index contributed by atoms with van der Waals surface area (Å²) in [6.45, 7) is 3.44. The fourth-order valence-corrected chi connectivity index (χ4v) is 2.57. The highest BCUT2D eigenvalue weighted by Crippen LogP contribution is 2.18. The maximum Gasteiger partial charge on any atom is 0.272 e. The molecule has 0 unspecified atom stereocenters. The lowest BCUT2D eigenvalue weighted by Crippen LogP contribution is -2.37. The van der Waals surface area contributed by atoms with Crippen molar-refractivity contribution in [2.45, 2.75) is 6.54 Å². The number of hydrogen-bond donors (Lipinski definition) is 1. The second kappa shape index (κ2) is 6.59. The molecule has 0 atom stereocenters. The average Bonchev–Trinajstić information content (AvgIpc) is 3.08. The summed E-state index contributed by atoms with van der Waals surface area (Å²) in [5.41, 5.74) is 1.33. The van der Waals surface area contributed by atoms with Crippen molar-refractivity contribution < 1.29 is 9.53 Å². The predicted molar refractivity (Wildman–Crippen MR) is 78.3 cm³/mol. The van der Waals surface area contributed by atoms with Crippen LogP contribution in [0.15, 0.2) is 24.5 Å². The minimum Gasteiger partial charge on any atom is -0.378 e. The zero-order valence-corrected chi connectivity index (χ0v) is 12.2. The van der Waals surface area contributed by atoms with Gasteiger partial charge in [-0.25, -0.2) is 4.98 Å².